The Morgan fingerprint density at radius 2 is 2.22 bits per heavy atom. The smallest absolute Gasteiger partial charge is 0.138 e. The molecule has 2 fully saturated rings. The highest BCUT2D eigenvalue weighted by atomic mass is 35.5. The molecule has 0 radical (unpaired) electrons. The zero-order chi connectivity index (χ0) is 12.5. The summed E-state index contributed by atoms with van der Waals surface area (Å²) in [6.45, 7) is 4.15. The van der Waals surface area contributed by atoms with Crippen LogP contribution in [0.15, 0.2) is 18.2 Å². The zero-order valence-corrected chi connectivity index (χ0v) is 11.4. The van der Waals surface area contributed by atoms with Gasteiger partial charge in [0.25, 0.3) is 0 Å². The third-order valence-corrected chi connectivity index (χ3v) is 4.11. The van der Waals surface area contributed by atoms with Crippen molar-refractivity contribution in [3.05, 3.63) is 28.8 Å². The predicted molar refractivity (Wildman–Crippen MR) is 73.6 cm³/mol. The van der Waals surface area contributed by atoms with Gasteiger partial charge in [-0.3, -0.25) is 4.90 Å². The van der Waals surface area contributed by atoms with E-state index in [4.69, 9.17) is 16.3 Å². The molecule has 0 bridgehead atoms. The minimum Gasteiger partial charge on any atom is -0.486 e. The molecule has 0 amide bonds. The molecular formula is C14H19ClN2O. The molecule has 2 heterocycles. The van der Waals surface area contributed by atoms with E-state index >= 15 is 0 Å². The average molecular weight is 267 g/mol. The summed E-state index contributed by atoms with van der Waals surface area (Å²) in [5.41, 5.74) is 1.32. The van der Waals surface area contributed by atoms with E-state index in [0.717, 1.165) is 37.0 Å². The quantitative estimate of drug-likeness (QED) is 0.907. The molecule has 18 heavy (non-hydrogen) atoms. The zero-order valence-electron chi connectivity index (χ0n) is 10.7. The maximum Gasteiger partial charge on any atom is 0.138 e. The van der Waals surface area contributed by atoms with Crippen LogP contribution in [0.4, 0.5) is 0 Å². The van der Waals surface area contributed by atoms with Gasteiger partial charge in [-0.2, -0.15) is 0 Å². The standard InChI is InChI=1S/C14H19ClN2O/c1-17-8-12(9-17)18-14-3-2-10(6-13(14)15)11-4-5-16-7-11/h2-3,6,11-12,16H,4-5,7-9H2,1H3. The molecule has 1 aromatic rings. The molecule has 1 aromatic carbocycles. The highest BCUT2D eigenvalue weighted by molar-refractivity contribution is 6.32. The Morgan fingerprint density at radius 1 is 1.39 bits per heavy atom. The number of hydrogen-bond acceptors (Lipinski definition) is 3. The van der Waals surface area contributed by atoms with Crippen LogP contribution in [-0.2, 0) is 0 Å². The maximum absolute atomic E-state index is 6.31. The van der Waals surface area contributed by atoms with Crippen LogP contribution >= 0.6 is 11.6 Å². The molecule has 98 valence electrons. The summed E-state index contributed by atoms with van der Waals surface area (Å²) in [6, 6.07) is 6.24. The van der Waals surface area contributed by atoms with Crippen LogP contribution in [0.5, 0.6) is 5.75 Å². The number of nitrogens with one attached hydrogen (secondary N) is 1. The van der Waals surface area contributed by atoms with E-state index in [1.165, 1.54) is 12.0 Å². The number of nitrogens with zero attached hydrogens (tertiary/aromatic N) is 1. The molecule has 0 aliphatic carbocycles. The minimum absolute atomic E-state index is 0.298. The Kier molecular flexibility index (Phi) is 3.46. The van der Waals surface area contributed by atoms with E-state index in [-0.39, 0.29) is 0 Å². The number of likely N-dealkylation sites (N-methyl/N-ethyl adjacent to an activating group) is 1. The second-order valence-corrected chi connectivity index (χ2v) is 5.75. The van der Waals surface area contributed by atoms with Crippen LogP contribution in [0.3, 0.4) is 0 Å². The van der Waals surface area contributed by atoms with Gasteiger partial charge in [-0.05, 0) is 43.6 Å². The minimum atomic E-state index is 0.298. The fourth-order valence-electron chi connectivity index (χ4n) is 2.70. The summed E-state index contributed by atoms with van der Waals surface area (Å²) in [6.07, 6.45) is 1.50. The van der Waals surface area contributed by atoms with Crippen molar-refractivity contribution in [2.24, 2.45) is 0 Å². The van der Waals surface area contributed by atoms with Crippen molar-refractivity contribution in [2.45, 2.75) is 18.4 Å². The van der Waals surface area contributed by atoms with E-state index in [1.807, 2.05) is 6.07 Å². The molecule has 0 saturated carbocycles. The molecule has 4 heteroatoms. The molecule has 3 nitrogen and oxygen atoms in total. The van der Waals surface area contributed by atoms with Crippen LogP contribution in [0.2, 0.25) is 5.02 Å². The molecule has 1 atom stereocenters. The summed E-state index contributed by atoms with van der Waals surface area (Å²) in [5, 5.41) is 4.12. The molecule has 2 aliphatic rings. The van der Waals surface area contributed by atoms with Gasteiger partial charge in [0, 0.05) is 19.6 Å². The second kappa shape index (κ2) is 5.08. The lowest BCUT2D eigenvalue weighted by Crippen LogP contribution is -2.51. The van der Waals surface area contributed by atoms with Crippen molar-refractivity contribution in [2.75, 3.05) is 33.2 Å². The van der Waals surface area contributed by atoms with Crippen LogP contribution < -0.4 is 10.1 Å². The number of benzene rings is 1. The number of halogens is 1. The van der Waals surface area contributed by atoms with Gasteiger partial charge in [0.05, 0.1) is 5.02 Å². The van der Waals surface area contributed by atoms with Crippen LogP contribution in [0.1, 0.15) is 17.9 Å². The van der Waals surface area contributed by atoms with Crippen LogP contribution in [0, 0.1) is 0 Å². The average Bonchev–Trinajstić information content (AvgIpc) is 2.83. The van der Waals surface area contributed by atoms with Crippen molar-refractivity contribution in [3.63, 3.8) is 0 Å². The van der Waals surface area contributed by atoms with E-state index in [0.29, 0.717) is 12.0 Å². The lowest BCUT2D eigenvalue weighted by Gasteiger charge is -2.36. The van der Waals surface area contributed by atoms with Crippen molar-refractivity contribution in [1.82, 2.24) is 10.2 Å². The lowest BCUT2D eigenvalue weighted by atomic mass is 9.98. The van der Waals surface area contributed by atoms with Gasteiger partial charge in [0.15, 0.2) is 0 Å². The summed E-state index contributed by atoms with van der Waals surface area (Å²) in [7, 11) is 2.09. The first kappa shape index (κ1) is 12.3. The van der Waals surface area contributed by atoms with E-state index in [1.54, 1.807) is 0 Å². The van der Waals surface area contributed by atoms with Gasteiger partial charge in [-0.25, -0.2) is 0 Å². The molecule has 3 rings (SSSR count). The molecule has 2 aliphatic heterocycles. The topological polar surface area (TPSA) is 24.5 Å². The van der Waals surface area contributed by atoms with Gasteiger partial charge in [0.1, 0.15) is 11.9 Å². The molecule has 1 N–H and O–H groups in total. The van der Waals surface area contributed by atoms with Gasteiger partial charge >= 0.3 is 0 Å². The Hall–Kier alpha value is -0.770. The van der Waals surface area contributed by atoms with Gasteiger partial charge in [0.2, 0.25) is 0 Å². The number of rotatable bonds is 3. The third-order valence-electron chi connectivity index (χ3n) is 3.81. The molecule has 0 spiro atoms. The fourth-order valence-corrected chi connectivity index (χ4v) is 2.94. The molecular weight excluding hydrogens is 248 g/mol. The Balaban J connectivity index is 1.68. The highest BCUT2D eigenvalue weighted by Crippen LogP contribution is 2.32. The van der Waals surface area contributed by atoms with Gasteiger partial charge in [-0.15, -0.1) is 0 Å². The summed E-state index contributed by atoms with van der Waals surface area (Å²) >= 11 is 6.31. The maximum atomic E-state index is 6.31. The van der Waals surface area contributed by atoms with Gasteiger partial charge in [-0.1, -0.05) is 17.7 Å². The predicted octanol–water partition coefficient (Wildman–Crippen LogP) is 2.11. The Morgan fingerprint density at radius 3 is 2.83 bits per heavy atom. The summed E-state index contributed by atoms with van der Waals surface area (Å²) < 4.78 is 5.88. The normalized spacial score (nSPS) is 25.1. The first-order valence-corrected chi connectivity index (χ1v) is 6.95. The van der Waals surface area contributed by atoms with Crippen molar-refractivity contribution in [1.29, 1.82) is 0 Å². The SMILES string of the molecule is CN1CC(Oc2ccc(C3CCNC3)cc2Cl)C1. The first-order valence-electron chi connectivity index (χ1n) is 6.58. The number of hydrogen-bond donors (Lipinski definition) is 1. The monoisotopic (exact) mass is 266 g/mol. The van der Waals surface area contributed by atoms with Crippen molar-refractivity contribution in [3.8, 4) is 5.75 Å². The second-order valence-electron chi connectivity index (χ2n) is 5.34. The fraction of sp³-hybridized carbons (Fsp3) is 0.571. The van der Waals surface area contributed by atoms with Crippen LogP contribution in [0.25, 0.3) is 0 Å². The number of likely N-dealkylation sites (tertiary alicyclic amines) is 1. The van der Waals surface area contributed by atoms with E-state index < -0.39 is 0 Å². The van der Waals surface area contributed by atoms with Crippen molar-refractivity contribution >= 4 is 11.6 Å². The first-order chi connectivity index (χ1) is 8.72. The molecule has 0 aromatic heterocycles. The summed E-state index contributed by atoms with van der Waals surface area (Å²) in [4.78, 5) is 2.23. The summed E-state index contributed by atoms with van der Waals surface area (Å²) in [5.74, 6) is 1.43. The largest absolute Gasteiger partial charge is 0.486 e. The van der Waals surface area contributed by atoms with Gasteiger partial charge < -0.3 is 10.1 Å². The number of ether oxygens (including phenoxy) is 1. The highest BCUT2D eigenvalue weighted by Gasteiger charge is 2.26. The third kappa shape index (κ3) is 2.48. The Bertz CT molecular complexity index is 426. The lowest BCUT2D eigenvalue weighted by molar-refractivity contribution is 0.0389. The Labute approximate surface area is 113 Å². The van der Waals surface area contributed by atoms with E-state index in [2.05, 4.69) is 29.4 Å². The van der Waals surface area contributed by atoms with Crippen molar-refractivity contribution < 1.29 is 4.74 Å². The van der Waals surface area contributed by atoms with E-state index in [9.17, 15) is 0 Å². The molecule has 1 unspecified atom stereocenters. The molecule has 2 saturated heterocycles. The van der Waals surface area contributed by atoms with Crippen LogP contribution in [-0.4, -0.2) is 44.2 Å².